The number of rotatable bonds is 5. The zero-order chi connectivity index (χ0) is 20.3. The van der Waals surface area contributed by atoms with Gasteiger partial charge in [0.1, 0.15) is 18.2 Å². The van der Waals surface area contributed by atoms with E-state index in [1.807, 2.05) is 18.2 Å². The Morgan fingerprint density at radius 2 is 2.00 bits per heavy atom. The number of carboxylic acids is 1. The minimum Gasteiger partial charge on any atom is -0.480 e. The van der Waals surface area contributed by atoms with Crippen molar-refractivity contribution < 1.29 is 14.7 Å². The Labute approximate surface area is 166 Å². The molecule has 0 fully saturated rings. The lowest BCUT2D eigenvalue weighted by Gasteiger charge is -2.16. The molecule has 0 unspecified atom stereocenters. The van der Waals surface area contributed by atoms with Crippen LogP contribution in [-0.4, -0.2) is 28.6 Å². The van der Waals surface area contributed by atoms with Crippen molar-refractivity contribution in [2.24, 2.45) is 0 Å². The number of nitriles is 1. The number of halogens is 1. The number of amides is 1. The molecule has 1 amide bonds. The second-order valence-electron chi connectivity index (χ2n) is 6.14. The number of aliphatic carboxylic acids is 1. The number of benzene rings is 2. The van der Waals surface area contributed by atoms with Gasteiger partial charge in [0.05, 0.1) is 0 Å². The van der Waals surface area contributed by atoms with E-state index in [1.54, 1.807) is 54.2 Å². The second kappa shape index (κ2) is 7.99. The van der Waals surface area contributed by atoms with Crippen LogP contribution in [0.2, 0.25) is 5.02 Å². The van der Waals surface area contributed by atoms with Gasteiger partial charge in [-0.1, -0.05) is 35.9 Å². The molecule has 0 aliphatic heterocycles. The third-order valence-electron chi connectivity index (χ3n) is 4.28. The Morgan fingerprint density at radius 3 is 2.68 bits per heavy atom. The normalized spacial score (nSPS) is 11.2. The van der Waals surface area contributed by atoms with Crippen molar-refractivity contribution in [2.45, 2.75) is 6.54 Å². The molecule has 1 aromatic heterocycles. The van der Waals surface area contributed by atoms with E-state index in [9.17, 15) is 14.9 Å². The van der Waals surface area contributed by atoms with Crippen LogP contribution in [0.5, 0.6) is 0 Å². The second-order valence-corrected chi connectivity index (χ2v) is 6.57. The van der Waals surface area contributed by atoms with Crippen LogP contribution in [0.3, 0.4) is 0 Å². The lowest BCUT2D eigenvalue weighted by atomic mass is 10.1. The highest BCUT2D eigenvalue weighted by Gasteiger charge is 2.18. The van der Waals surface area contributed by atoms with Crippen molar-refractivity contribution in [1.82, 2.24) is 4.57 Å². The number of anilines is 1. The molecular formula is C21H16ClN3O3. The van der Waals surface area contributed by atoms with Crippen LogP contribution in [0, 0.1) is 11.3 Å². The molecule has 0 saturated carbocycles. The van der Waals surface area contributed by atoms with Gasteiger partial charge in [0.25, 0.3) is 5.91 Å². The van der Waals surface area contributed by atoms with Crippen molar-refractivity contribution in [2.75, 3.05) is 11.9 Å². The van der Waals surface area contributed by atoms with Gasteiger partial charge in [0, 0.05) is 40.4 Å². The van der Waals surface area contributed by atoms with E-state index in [-0.39, 0.29) is 12.1 Å². The number of hydrogen-bond donors (Lipinski definition) is 1. The molecule has 3 rings (SSSR count). The summed E-state index contributed by atoms with van der Waals surface area (Å²) in [6.07, 6.45) is 3.10. The third kappa shape index (κ3) is 3.90. The van der Waals surface area contributed by atoms with Gasteiger partial charge in [-0.3, -0.25) is 9.59 Å². The van der Waals surface area contributed by atoms with Crippen LogP contribution < -0.4 is 4.90 Å². The van der Waals surface area contributed by atoms with Gasteiger partial charge >= 0.3 is 5.97 Å². The third-order valence-corrected chi connectivity index (χ3v) is 4.51. The summed E-state index contributed by atoms with van der Waals surface area (Å²) in [5.41, 5.74) is 1.80. The molecule has 1 heterocycles. The molecule has 28 heavy (non-hydrogen) atoms. The Hall–Kier alpha value is -3.56. The highest BCUT2D eigenvalue weighted by atomic mass is 35.5. The van der Waals surface area contributed by atoms with Gasteiger partial charge in [-0.2, -0.15) is 5.26 Å². The fraction of sp³-hybridized carbons (Fsp3) is 0.0952. The van der Waals surface area contributed by atoms with Crippen molar-refractivity contribution in [1.29, 1.82) is 5.26 Å². The van der Waals surface area contributed by atoms with Crippen LogP contribution in [0.15, 0.2) is 60.3 Å². The number of likely N-dealkylation sites (N-methyl/N-ethyl adjacent to an activating group) is 1. The fourth-order valence-electron chi connectivity index (χ4n) is 2.95. The fourth-order valence-corrected chi connectivity index (χ4v) is 3.13. The molecule has 0 spiro atoms. The summed E-state index contributed by atoms with van der Waals surface area (Å²) in [4.78, 5) is 25.3. The lowest BCUT2D eigenvalue weighted by Crippen LogP contribution is -2.27. The van der Waals surface area contributed by atoms with Crippen molar-refractivity contribution in [3.8, 4) is 6.07 Å². The van der Waals surface area contributed by atoms with Crippen LogP contribution in [0.1, 0.15) is 5.56 Å². The molecular weight excluding hydrogens is 378 g/mol. The summed E-state index contributed by atoms with van der Waals surface area (Å²) in [7, 11) is 1.56. The number of fused-ring (bicyclic) bond motifs is 1. The molecule has 6 nitrogen and oxygen atoms in total. The number of aromatic nitrogens is 1. The van der Waals surface area contributed by atoms with E-state index in [0.717, 1.165) is 5.39 Å². The first-order valence-corrected chi connectivity index (χ1v) is 8.73. The number of carboxylic acid groups (broad SMARTS) is 1. The Kier molecular flexibility index (Phi) is 5.48. The molecule has 7 heteroatoms. The molecule has 0 bridgehead atoms. The number of carbonyl (C=O) groups is 2. The minimum atomic E-state index is -0.978. The topological polar surface area (TPSA) is 86.3 Å². The van der Waals surface area contributed by atoms with Crippen molar-refractivity contribution in [3.05, 3.63) is 70.9 Å². The quantitative estimate of drug-likeness (QED) is 0.525. The van der Waals surface area contributed by atoms with Gasteiger partial charge < -0.3 is 14.6 Å². The largest absolute Gasteiger partial charge is 0.480 e. The number of para-hydroxylation sites is 1. The lowest BCUT2D eigenvalue weighted by molar-refractivity contribution is -0.137. The van der Waals surface area contributed by atoms with E-state index in [0.29, 0.717) is 21.8 Å². The van der Waals surface area contributed by atoms with Gasteiger partial charge in [0.15, 0.2) is 0 Å². The predicted octanol–water partition coefficient (Wildman–Crippen LogP) is 3.95. The first-order chi connectivity index (χ1) is 13.4. The molecule has 0 atom stereocenters. The minimum absolute atomic E-state index is 0.0688. The molecule has 0 aliphatic carbocycles. The summed E-state index contributed by atoms with van der Waals surface area (Å²) >= 11 is 5.98. The van der Waals surface area contributed by atoms with E-state index < -0.39 is 11.9 Å². The molecule has 0 aliphatic rings. The van der Waals surface area contributed by atoms with E-state index >= 15 is 0 Å². The first kappa shape index (κ1) is 19.2. The van der Waals surface area contributed by atoms with Crippen LogP contribution in [0.4, 0.5) is 5.69 Å². The van der Waals surface area contributed by atoms with E-state index in [2.05, 4.69) is 0 Å². The first-order valence-electron chi connectivity index (χ1n) is 8.36. The maximum Gasteiger partial charge on any atom is 0.323 e. The summed E-state index contributed by atoms with van der Waals surface area (Å²) in [6, 6.07) is 15.9. The average molecular weight is 394 g/mol. The van der Waals surface area contributed by atoms with Crippen LogP contribution in [-0.2, 0) is 16.1 Å². The van der Waals surface area contributed by atoms with Crippen molar-refractivity contribution in [3.63, 3.8) is 0 Å². The highest BCUT2D eigenvalue weighted by molar-refractivity contribution is 6.31. The maximum atomic E-state index is 12.8. The van der Waals surface area contributed by atoms with Crippen LogP contribution >= 0.6 is 11.6 Å². The maximum absolute atomic E-state index is 12.8. The van der Waals surface area contributed by atoms with Crippen molar-refractivity contribution >= 4 is 46.1 Å². The standard InChI is InChI=1S/C21H16ClN3O3/c1-24(17-6-4-5-16(22)10-17)21(28)14(11-23)9-15-12-25(13-20(26)27)19-8-3-2-7-18(15)19/h2-10,12H,13H2,1H3,(H,26,27)/b14-9+. The van der Waals surface area contributed by atoms with Gasteiger partial charge in [-0.05, 0) is 30.3 Å². The Bertz CT molecular complexity index is 1140. The number of carbonyl (C=O) groups excluding carboxylic acids is 1. The van der Waals surface area contributed by atoms with E-state index in [4.69, 9.17) is 16.7 Å². The van der Waals surface area contributed by atoms with Crippen LogP contribution in [0.25, 0.3) is 17.0 Å². The monoisotopic (exact) mass is 393 g/mol. The molecule has 1 N–H and O–H groups in total. The van der Waals surface area contributed by atoms with Gasteiger partial charge in [-0.15, -0.1) is 0 Å². The summed E-state index contributed by atoms with van der Waals surface area (Å²) < 4.78 is 1.57. The van der Waals surface area contributed by atoms with Gasteiger partial charge in [0.2, 0.25) is 0 Å². The molecule has 2 aromatic carbocycles. The summed E-state index contributed by atoms with van der Waals surface area (Å²) in [6.45, 7) is -0.216. The smallest absolute Gasteiger partial charge is 0.323 e. The molecule has 0 radical (unpaired) electrons. The predicted molar refractivity (Wildman–Crippen MR) is 108 cm³/mol. The molecule has 3 aromatic rings. The average Bonchev–Trinajstić information content (AvgIpc) is 3.02. The molecule has 140 valence electrons. The van der Waals surface area contributed by atoms with Gasteiger partial charge in [-0.25, -0.2) is 0 Å². The Balaban J connectivity index is 2.02. The number of hydrogen-bond acceptors (Lipinski definition) is 3. The highest BCUT2D eigenvalue weighted by Crippen LogP contribution is 2.25. The zero-order valence-electron chi connectivity index (χ0n) is 15.0. The number of nitrogens with zero attached hydrogens (tertiary/aromatic N) is 3. The SMILES string of the molecule is CN(C(=O)/C(C#N)=C/c1cn(CC(=O)O)c2ccccc12)c1cccc(Cl)c1. The molecule has 0 saturated heterocycles. The Morgan fingerprint density at radius 1 is 1.25 bits per heavy atom. The van der Waals surface area contributed by atoms with E-state index in [1.165, 1.54) is 11.0 Å². The zero-order valence-corrected chi connectivity index (χ0v) is 15.7. The summed E-state index contributed by atoms with van der Waals surface area (Å²) in [5, 5.41) is 19.9. The summed E-state index contributed by atoms with van der Waals surface area (Å²) in [5.74, 6) is -1.46.